The number of nitrogens with zero attached hydrogens (tertiary/aromatic N) is 2. The number of hydrogen-bond donors (Lipinski definition) is 2. The zero-order chi connectivity index (χ0) is 32.5. The lowest BCUT2D eigenvalue weighted by Gasteiger charge is -2.28. The van der Waals surface area contributed by atoms with Crippen LogP contribution in [0.1, 0.15) is 63.5 Å². The van der Waals surface area contributed by atoms with Crippen molar-refractivity contribution in [2.24, 2.45) is 0 Å². The van der Waals surface area contributed by atoms with E-state index in [-0.39, 0.29) is 23.9 Å². The fourth-order valence-corrected chi connectivity index (χ4v) is 5.65. The highest BCUT2D eigenvalue weighted by Crippen LogP contribution is 2.32. The maximum absolute atomic E-state index is 14.3. The molecule has 2 N–H and O–H groups in total. The van der Waals surface area contributed by atoms with E-state index in [2.05, 4.69) is 20.6 Å². The highest BCUT2D eigenvalue weighted by Gasteiger charge is 2.43. The van der Waals surface area contributed by atoms with E-state index in [1.165, 1.54) is 0 Å². The summed E-state index contributed by atoms with van der Waals surface area (Å²) >= 11 is 0. The summed E-state index contributed by atoms with van der Waals surface area (Å²) in [4.78, 5) is 61.1. The van der Waals surface area contributed by atoms with Gasteiger partial charge in [0.25, 0.3) is 0 Å². The number of pyridine rings is 2. The molecule has 234 valence electrons. The quantitative estimate of drug-likeness (QED) is 0.0997. The van der Waals surface area contributed by atoms with Gasteiger partial charge in [-0.1, -0.05) is 67.4 Å². The number of benzene rings is 3. The van der Waals surface area contributed by atoms with Crippen LogP contribution in [-0.2, 0) is 31.0 Å². The Bertz CT molecular complexity index is 1780. The Balaban J connectivity index is 1.37. The lowest BCUT2D eigenvalue weighted by atomic mass is 9.75. The van der Waals surface area contributed by atoms with Crippen molar-refractivity contribution in [3.05, 3.63) is 108 Å². The van der Waals surface area contributed by atoms with Crippen LogP contribution in [0.3, 0.4) is 0 Å². The van der Waals surface area contributed by atoms with Crippen LogP contribution in [0.4, 0.5) is 11.4 Å². The number of ketones is 2. The number of aromatic nitrogens is 2. The minimum absolute atomic E-state index is 0.00301. The Labute approximate surface area is 268 Å². The van der Waals surface area contributed by atoms with Crippen molar-refractivity contribution in [2.45, 2.75) is 64.2 Å². The minimum Gasteiger partial charge on any atom is -0.326 e. The smallest absolute Gasteiger partial charge is 0.242 e. The summed E-state index contributed by atoms with van der Waals surface area (Å²) in [5.41, 5.74) is 2.10. The zero-order valence-corrected chi connectivity index (χ0v) is 26.2. The van der Waals surface area contributed by atoms with Crippen molar-refractivity contribution in [3.8, 4) is 0 Å². The molecule has 2 heterocycles. The van der Waals surface area contributed by atoms with Crippen LogP contribution < -0.4 is 10.6 Å². The predicted molar refractivity (Wildman–Crippen MR) is 182 cm³/mol. The molecule has 46 heavy (non-hydrogen) atoms. The van der Waals surface area contributed by atoms with Crippen molar-refractivity contribution in [2.75, 3.05) is 10.6 Å². The van der Waals surface area contributed by atoms with Gasteiger partial charge in [-0.25, -0.2) is 0 Å². The van der Waals surface area contributed by atoms with Crippen LogP contribution >= 0.6 is 0 Å². The second-order valence-corrected chi connectivity index (χ2v) is 11.8. The molecular formula is C38H38N4O4. The molecule has 8 heteroatoms. The molecule has 8 nitrogen and oxygen atoms in total. The lowest BCUT2D eigenvalue weighted by Crippen LogP contribution is -2.45. The van der Waals surface area contributed by atoms with Crippen LogP contribution in [-0.4, -0.2) is 33.3 Å². The summed E-state index contributed by atoms with van der Waals surface area (Å²) in [6.07, 6.45) is 7.69. The van der Waals surface area contributed by atoms with E-state index in [0.29, 0.717) is 35.3 Å². The first kappa shape index (κ1) is 32.2. The summed E-state index contributed by atoms with van der Waals surface area (Å²) in [5, 5.41) is 7.69. The molecule has 0 radical (unpaired) electrons. The SMILES string of the molecule is CC(=O)CCCCCCC(=O)Nc1ccc(C(C)(C(=O)Cc2cccc3cccnc23)C(=O)Nc2cccc3cccnc23)cc1. The Morgan fingerprint density at radius 2 is 1.28 bits per heavy atom. The van der Waals surface area contributed by atoms with Gasteiger partial charge in [0.2, 0.25) is 11.8 Å². The van der Waals surface area contributed by atoms with Gasteiger partial charge < -0.3 is 15.4 Å². The first-order chi connectivity index (χ1) is 22.3. The number of rotatable bonds is 14. The van der Waals surface area contributed by atoms with Gasteiger partial charge in [0.1, 0.15) is 11.2 Å². The number of Topliss-reactive ketones (excluding diaryl/α,β-unsaturated/α-hetero) is 2. The molecular weight excluding hydrogens is 576 g/mol. The molecule has 1 atom stereocenters. The Morgan fingerprint density at radius 3 is 1.98 bits per heavy atom. The monoisotopic (exact) mass is 614 g/mol. The van der Waals surface area contributed by atoms with E-state index in [9.17, 15) is 19.2 Å². The van der Waals surface area contributed by atoms with Gasteiger partial charge in [-0.05, 0) is 68.1 Å². The van der Waals surface area contributed by atoms with Crippen molar-refractivity contribution >= 4 is 56.6 Å². The fraction of sp³-hybridized carbons (Fsp3) is 0.263. The largest absolute Gasteiger partial charge is 0.326 e. The number of nitrogens with one attached hydrogen (secondary N) is 2. The molecule has 0 saturated carbocycles. The number of unbranched alkanes of at least 4 members (excludes halogenated alkanes) is 3. The number of amides is 2. The summed E-state index contributed by atoms with van der Waals surface area (Å²) in [7, 11) is 0. The normalized spacial score (nSPS) is 12.4. The molecule has 5 aromatic rings. The lowest BCUT2D eigenvalue weighted by molar-refractivity contribution is -0.132. The summed E-state index contributed by atoms with van der Waals surface area (Å²) in [6.45, 7) is 3.23. The van der Waals surface area contributed by atoms with Crippen molar-refractivity contribution in [1.82, 2.24) is 9.97 Å². The molecule has 0 aliphatic heterocycles. The number of carbonyl (C=O) groups excluding carboxylic acids is 4. The van der Waals surface area contributed by atoms with Gasteiger partial charge in [0, 0.05) is 48.1 Å². The second kappa shape index (κ2) is 14.7. The van der Waals surface area contributed by atoms with Crippen LogP contribution in [0.15, 0.2) is 97.3 Å². The number of para-hydroxylation sites is 2. The molecule has 0 fully saturated rings. The van der Waals surface area contributed by atoms with Gasteiger partial charge in [0.15, 0.2) is 5.78 Å². The summed E-state index contributed by atoms with van der Waals surface area (Å²) in [6, 6.07) is 25.6. The van der Waals surface area contributed by atoms with Crippen molar-refractivity contribution in [3.63, 3.8) is 0 Å². The topological polar surface area (TPSA) is 118 Å². The number of carbonyl (C=O) groups is 4. The van der Waals surface area contributed by atoms with Gasteiger partial charge >= 0.3 is 0 Å². The molecule has 0 bridgehead atoms. The van der Waals surface area contributed by atoms with E-state index in [0.717, 1.165) is 47.5 Å². The Kier molecular flexibility index (Phi) is 10.3. The van der Waals surface area contributed by atoms with Gasteiger partial charge in [0.05, 0.1) is 16.7 Å². The molecule has 2 aromatic heterocycles. The van der Waals surface area contributed by atoms with Crippen LogP contribution in [0.5, 0.6) is 0 Å². The average Bonchev–Trinajstić information content (AvgIpc) is 3.06. The van der Waals surface area contributed by atoms with Crippen LogP contribution in [0.2, 0.25) is 0 Å². The zero-order valence-electron chi connectivity index (χ0n) is 26.2. The third kappa shape index (κ3) is 7.51. The molecule has 0 aliphatic carbocycles. The van der Waals surface area contributed by atoms with Crippen molar-refractivity contribution < 1.29 is 19.2 Å². The number of hydrogen-bond acceptors (Lipinski definition) is 6. The van der Waals surface area contributed by atoms with E-state index in [1.807, 2.05) is 54.6 Å². The van der Waals surface area contributed by atoms with Crippen molar-refractivity contribution in [1.29, 1.82) is 0 Å². The first-order valence-electron chi connectivity index (χ1n) is 15.7. The first-order valence-corrected chi connectivity index (χ1v) is 15.7. The fourth-order valence-electron chi connectivity index (χ4n) is 5.65. The van der Waals surface area contributed by atoms with Crippen LogP contribution in [0, 0.1) is 0 Å². The summed E-state index contributed by atoms with van der Waals surface area (Å²) in [5.74, 6) is -0.696. The highest BCUT2D eigenvalue weighted by molar-refractivity contribution is 6.18. The highest BCUT2D eigenvalue weighted by atomic mass is 16.2. The molecule has 0 aliphatic rings. The predicted octanol–water partition coefficient (Wildman–Crippen LogP) is 7.36. The van der Waals surface area contributed by atoms with E-state index >= 15 is 0 Å². The second-order valence-electron chi connectivity index (χ2n) is 11.8. The average molecular weight is 615 g/mol. The molecule has 0 spiro atoms. The maximum atomic E-state index is 14.3. The van der Waals surface area contributed by atoms with Gasteiger partial charge in [-0.2, -0.15) is 0 Å². The number of fused-ring (bicyclic) bond motifs is 2. The standard InChI is InChI=1S/C38H38N4O4/c1-26(43)11-5-3-4-6-18-34(45)41-31-21-19-30(20-22-31)38(2,33(44)25-29-14-7-12-27-15-9-23-39-35(27)29)37(46)42-32-17-8-13-28-16-10-24-40-36(28)32/h7-10,12-17,19-24H,3-6,11,18,25H2,1-2H3,(H,41,45)(H,42,46). The third-order valence-corrected chi connectivity index (χ3v) is 8.39. The molecule has 2 amide bonds. The molecule has 0 saturated heterocycles. The molecule has 5 rings (SSSR count). The van der Waals surface area contributed by atoms with Crippen LogP contribution in [0.25, 0.3) is 21.8 Å². The van der Waals surface area contributed by atoms with E-state index in [4.69, 9.17) is 0 Å². The maximum Gasteiger partial charge on any atom is 0.242 e. The Hall–Kier alpha value is -5.24. The van der Waals surface area contributed by atoms with Gasteiger partial charge in [-0.3, -0.25) is 24.4 Å². The molecule has 3 aromatic carbocycles. The Morgan fingerprint density at radius 1 is 0.674 bits per heavy atom. The third-order valence-electron chi connectivity index (χ3n) is 8.39. The summed E-state index contributed by atoms with van der Waals surface area (Å²) < 4.78 is 0. The minimum atomic E-state index is -1.57. The molecule has 1 unspecified atom stereocenters. The number of anilines is 2. The van der Waals surface area contributed by atoms with Gasteiger partial charge in [-0.15, -0.1) is 0 Å². The van der Waals surface area contributed by atoms with E-state index in [1.54, 1.807) is 56.6 Å². The van der Waals surface area contributed by atoms with E-state index < -0.39 is 11.3 Å².